The Balaban J connectivity index is -0.000000111. The van der Waals surface area contributed by atoms with Gasteiger partial charge in [0.25, 0.3) is 8.80 Å². The average molecular weight is 1210 g/mol. The SMILES string of the molecule is [CH2-][Si](C)(C)O[Si]([CH2-])(C)C.[CH2-][Si](O)(O)O.[CH2-][Si]1(C)O[Si](C)(C)O[Si]2(C)O[Si](C)(C)O[Si]([CH2-])(C)O[Si]([CH2-])(O1)O2.[Y].[Y].[Y].[Y].[Y].[Y]. The van der Waals surface area contributed by atoms with Crippen LogP contribution in [0.4, 0.5) is 0 Å². The molecule has 242 valence electrons. The van der Waals surface area contributed by atoms with Gasteiger partial charge in [0.2, 0.25) is 0 Å². The van der Waals surface area contributed by atoms with Crippen molar-refractivity contribution in [3.8, 4) is 0 Å². The summed E-state index contributed by atoms with van der Waals surface area (Å²) in [5.41, 5.74) is 0. The van der Waals surface area contributed by atoms with Gasteiger partial charge in [0.15, 0.2) is 17.1 Å². The van der Waals surface area contributed by atoms with Gasteiger partial charge in [0, 0.05) is 219 Å². The first kappa shape index (κ1) is 66.0. The molecule has 2 rings (SSSR count). The first-order valence-corrected chi connectivity index (χ1v) is 34.7. The fourth-order valence-electron chi connectivity index (χ4n) is 3.83. The topological polar surface area (TPSA) is 135 Å². The molecule has 11 nitrogen and oxygen atoms in total. The second-order valence-corrected chi connectivity index (χ2v) is 40.1. The van der Waals surface area contributed by atoms with Crippen LogP contribution in [0, 0.1) is 39.3 Å². The summed E-state index contributed by atoms with van der Waals surface area (Å²) in [6, 6.07) is 0. The third-order valence-corrected chi connectivity index (χ3v) is 30.8. The second kappa shape index (κ2) is 24.6. The monoisotopic (exact) mass is 1210 g/mol. The van der Waals surface area contributed by atoms with Crippen molar-refractivity contribution in [1.29, 1.82) is 0 Å². The van der Waals surface area contributed by atoms with Crippen molar-refractivity contribution < 1.29 is 244 Å². The van der Waals surface area contributed by atoms with E-state index in [1.165, 1.54) is 0 Å². The predicted molar refractivity (Wildman–Crippen MR) is 164 cm³/mol. The van der Waals surface area contributed by atoms with E-state index < -0.39 is 77.3 Å². The molecule has 6 radical (unpaired) electrons. The van der Waals surface area contributed by atoms with Crippen molar-refractivity contribution in [2.75, 3.05) is 0 Å². The van der Waals surface area contributed by atoms with Crippen LogP contribution in [0.2, 0.25) is 72.0 Å². The number of hydrogen-bond donors (Lipinski definition) is 3. The smallest absolute Gasteiger partial charge is 0.470 e. The molecule has 2 fully saturated rings. The Morgan fingerprint density at radius 2 is 0.721 bits per heavy atom. The Morgan fingerprint density at radius 1 is 0.488 bits per heavy atom. The fourth-order valence-corrected chi connectivity index (χ4v) is 38.2. The summed E-state index contributed by atoms with van der Waals surface area (Å²) >= 11 is 0. The van der Waals surface area contributed by atoms with Crippen LogP contribution in [0.15, 0.2) is 0 Å². The Bertz CT molecular complexity index is 680. The first-order valence-electron chi connectivity index (χ1n) is 11.6. The van der Waals surface area contributed by atoms with Crippen LogP contribution in [0.1, 0.15) is 0 Å². The van der Waals surface area contributed by atoms with Crippen molar-refractivity contribution in [3.05, 3.63) is 39.3 Å². The predicted octanol–water partition coefficient (Wildman–Crippen LogP) is 2.73. The van der Waals surface area contributed by atoms with Crippen LogP contribution < -0.4 is 0 Å². The van der Waals surface area contributed by atoms with Gasteiger partial charge in [-0.15, -0.1) is 0 Å². The Morgan fingerprint density at radius 3 is 0.907 bits per heavy atom. The van der Waals surface area contributed by atoms with Gasteiger partial charge in [-0.3, -0.25) is 26.2 Å². The first-order chi connectivity index (χ1) is 15.7. The van der Waals surface area contributed by atoms with Crippen molar-refractivity contribution in [3.63, 3.8) is 0 Å². The minimum atomic E-state index is -3.86. The van der Waals surface area contributed by atoms with Gasteiger partial charge in [0.1, 0.15) is 0 Å². The van der Waals surface area contributed by atoms with Gasteiger partial charge in [0.05, 0.1) is 0 Å². The molecule has 2 atom stereocenters. The van der Waals surface area contributed by atoms with Crippen molar-refractivity contribution >= 4 is 77.3 Å². The third-order valence-electron chi connectivity index (χ3n) is 3.42. The van der Waals surface area contributed by atoms with E-state index in [1.807, 2.05) is 45.8 Å². The van der Waals surface area contributed by atoms with Crippen LogP contribution in [-0.2, 0) is 229 Å². The molecule has 3 N–H and O–H groups in total. The molecule has 2 heterocycles. The van der Waals surface area contributed by atoms with Crippen molar-refractivity contribution in [2.24, 2.45) is 0 Å². The minimum absolute atomic E-state index is 0. The molecule has 2 unspecified atom stereocenters. The molecule has 0 saturated carbocycles. The summed E-state index contributed by atoms with van der Waals surface area (Å²) in [7, 11) is -24.1. The van der Waals surface area contributed by atoms with E-state index in [9.17, 15) is 0 Å². The van der Waals surface area contributed by atoms with E-state index >= 15 is 0 Å². The van der Waals surface area contributed by atoms with Gasteiger partial charge in [-0.2, -0.15) is 0 Å². The van der Waals surface area contributed by atoms with Gasteiger partial charge in [-0.05, 0) is 39.3 Å². The molecule has 0 amide bonds. The summed E-state index contributed by atoms with van der Waals surface area (Å²) in [6.45, 7) is 44.4. The maximum absolute atomic E-state index is 7.66. The van der Waals surface area contributed by atoms with E-state index in [4.69, 9.17) is 47.3 Å². The average Bonchev–Trinajstić information content (AvgIpc) is 2.29. The molecule has 2 aliphatic heterocycles. The zero-order valence-corrected chi connectivity index (χ0v) is 53.8. The Kier molecular flexibility index (Phi) is 37.8. The summed E-state index contributed by atoms with van der Waals surface area (Å²) in [5.74, 6) is 0. The maximum atomic E-state index is 7.66. The number of hydrogen-bond acceptors (Lipinski definition) is 11. The van der Waals surface area contributed by atoms with Gasteiger partial charge in [-0.1, -0.05) is 26.2 Å². The summed E-state index contributed by atoms with van der Waals surface area (Å²) in [4.78, 5) is 23.0. The summed E-state index contributed by atoms with van der Waals surface area (Å²) in [6.07, 6.45) is 0. The Labute approximate surface area is 423 Å². The molecule has 0 aromatic carbocycles. The molecule has 43 heavy (non-hydrogen) atoms. The van der Waals surface area contributed by atoms with Crippen LogP contribution in [-0.4, -0.2) is 91.7 Å². The van der Waals surface area contributed by atoms with E-state index in [0.29, 0.717) is 0 Å². The number of fused-ring (bicyclic) bond motifs is 2. The normalized spacial score (nSPS) is 31.3. The van der Waals surface area contributed by atoms with Crippen molar-refractivity contribution in [1.82, 2.24) is 0 Å². The molecule has 0 aliphatic carbocycles. The van der Waals surface area contributed by atoms with E-state index in [0.717, 1.165) is 0 Å². The van der Waals surface area contributed by atoms with E-state index in [-0.39, 0.29) is 196 Å². The fraction of sp³-hybridized carbons (Fsp3) is 0.647. The van der Waals surface area contributed by atoms with Gasteiger partial charge >= 0.3 is 34.7 Å². The molecule has 26 heteroatoms. The van der Waals surface area contributed by atoms with E-state index in [1.54, 1.807) is 0 Å². The standard InChI is InChI=1S/C10H27O7Si6.C6H16OSi2.CH5O3Si.6Y/c1-18(2)11-19(3,4)14-23(10)16-21(7,8)12-20(5,6)15-22(9,13-18)17-23;1-8(2,3)7-9(4,5)6;1-5(2,3)4;;;;;;/h1,5,9H2,2-4,6-8,10H3;1,4H2,2-3,5-6H3;2-4H,1H2;;;;;;/q-3;-2;-1;;;;;;. The summed E-state index contributed by atoms with van der Waals surface area (Å²) in [5, 5.41) is 0. The van der Waals surface area contributed by atoms with Crippen LogP contribution in [0.5, 0.6) is 0 Å². The zero-order chi connectivity index (χ0) is 30.2. The van der Waals surface area contributed by atoms with Crippen LogP contribution >= 0.6 is 0 Å². The van der Waals surface area contributed by atoms with Gasteiger partial charge < -0.3 is 60.4 Å². The van der Waals surface area contributed by atoms with Gasteiger partial charge in [-0.25, -0.2) is 0 Å². The molecule has 2 bridgehead atoms. The molecule has 0 aromatic rings. The molecule has 2 saturated heterocycles. The molecular weight excluding hydrogens is 1170 g/mol. The molecule has 0 spiro atoms. The zero-order valence-electron chi connectivity index (χ0n) is 27.8. The summed E-state index contributed by atoms with van der Waals surface area (Å²) < 4.78 is 48.9. The minimum Gasteiger partial charge on any atom is -0.508 e. The Hall–Kier alpha value is 8.14. The number of rotatable bonds is 2. The van der Waals surface area contributed by atoms with Crippen molar-refractivity contribution in [2.45, 2.75) is 72.0 Å². The van der Waals surface area contributed by atoms with Crippen LogP contribution in [0.3, 0.4) is 0 Å². The van der Waals surface area contributed by atoms with E-state index in [2.05, 4.69) is 65.5 Å². The molecule has 2 aliphatic rings. The third kappa shape index (κ3) is 36.9. The molecular formula is C17H48O11Si9Y6-6. The van der Waals surface area contributed by atoms with Crippen LogP contribution in [0.25, 0.3) is 0 Å². The molecule has 0 aromatic heterocycles. The quantitative estimate of drug-likeness (QED) is 0.279. The maximum Gasteiger partial charge on any atom is 0.470 e. The second-order valence-electron chi connectivity index (χ2n) is 11.7. The largest absolute Gasteiger partial charge is 0.508 e.